The summed E-state index contributed by atoms with van der Waals surface area (Å²) in [5, 5.41) is 22.8. The van der Waals surface area contributed by atoms with Crippen molar-refractivity contribution in [3.05, 3.63) is 23.8 Å². The molecule has 182 valence electrons. The van der Waals surface area contributed by atoms with E-state index >= 15 is 0 Å². The Morgan fingerprint density at radius 1 is 1.19 bits per heavy atom. The van der Waals surface area contributed by atoms with Gasteiger partial charge in [-0.1, -0.05) is 25.5 Å². The van der Waals surface area contributed by atoms with Gasteiger partial charge >= 0.3 is 5.97 Å². The van der Waals surface area contributed by atoms with Crippen molar-refractivity contribution in [2.75, 3.05) is 13.9 Å². The summed E-state index contributed by atoms with van der Waals surface area (Å²) in [6.07, 6.45) is 5.20. The van der Waals surface area contributed by atoms with Gasteiger partial charge in [-0.25, -0.2) is 0 Å². The van der Waals surface area contributed by atoms with Crippen molar-refractivity contribution in [2.45, 2.75) is 84.6 Å². The molecule has 0 radical (unpaired) electrons. The highest BCUT2D eigenvalue weighted by Gasteiger charge is 2.57. The van der Waals surface area contributed by atoms with Gasteiger partial charge in [0.1, 0.15) is 12.9 Å². The standard InChI is InChI=1S/C25H40O7/c1-15(2)17-9-8-16(3)18-12-20(30-14-29-7)24(27)10-11-25(28,32-24)21(13-19(17)18)31-22(26)23(4,5)6/h8,10-11,15,17-21,27-28H,9,12-14H2,1-7H3/t17-,18+,19-,20+,21-,24+,25-/m1/s1. The average Bonchev–Trinajstić information content (AvgIpc) is 3.02. The molecule has 0 spiro atoms. The van der Waals surface area contributed by atoms with Crippen LogP contribution in [0.4, 0.5) is 0 Å². The molecule has 3 aliphatic rings. The molecule has 1 saturated heterocycles. The Morgan fingerprint density at radius 3 is 2.38 bits per heavy atom. The molecule has 1 fully saturated rings. The van der Waals surface area contributed by atoms with Crippen molar-refractivity contribution in [3.8, 4) is 0 Å². The molecule has 0 aromatic rings. The first-order valence-electron chi connectivity index (χ1n) is 11.6. The fourth-order valence-corrected chi connectivity index (χ4v) is 5.26. The minimum atomic E-state index is -1.95. The number of esters is 1. The van der Waals surface area contributed by atoms with Crippen LogP contribution in [0.25, 0.3) is 0 Å². The molecule has 0 unspecified atom stereocenters. The number of ether oxygens (including phenoxy) is 4. The van der Waals surface area contributed by atoms with E-state index in [-0.39, 0.29) is 18.6 Å². The Bertz CT molecular complexity index is 752. The van der Waals surface area contributed by atoms with Gasteiger partial charge in [-0.3, -0.25) is 4.79 Å². The van der Waals surface area contributed by atoms with Crippen molar-refractivity contribution in [1.82, 2.24) is 0 Å². The molecule has 2 bridgehead atoms. The molecule has 2 aliphatic heterocycles. The van der Waals surface area contributed by atoms with Gasteiger partial charge in [0, 0.05) is 7.11 Å². The summed E-state index contributed by atoms with van der Waals surface area (Å²) in [5.41, 5.74) is 0.479. The lowest BCUT2D eigenvalue weighted by Crippen LogP contribution is -2.52. The Kier molecular flexibility index (Phi) is 7.28. The van der Waals surface area contributed by atoms with Gasteiger partial charge < -0.3 is 29.2 Å². The van der Waals surface area contributed by atoms with E-state index in [4.69, 9.17) is 18.9 Å². The SMILES string of the molecule is COCO[C@H]1C[C@H]2C(C)=CC[C@H](C(C)C)[C@H]2C[C@@H](OC(=O)C(C)(C)C)[C@@]2(O)C=C[C@]1(O)O2. The Balaban J connectivity index is 2.06. The zero-order valence-electron chi connectivity index (χ0n) is 20.5. The molecule has 7 atom stereocenters. The quantitative estimate of drug-likeness (QED) is 0.374. The lowest BCUT2D eigenvalue weighted by atomic mass is 9.64. The van der Waals surface area contributed by atoms with Crippen LogP contribution in [-0.4, -0.2) is 53.9 Å². The molecule has 0 aromatic carbocycles. The second kappa shape index (κ2) is 9.18. The van der Waals surface area contributed by atoms with Crippen LogP contribution in [-0.2, 0) is 23.7 Å². The number of aliphatic hydroxyl groups is 2. The first-order chi connectivity index (χ1) is 14.8. The zero-order valence-corrected chi connectivity index (χ0v) is 20.5. The second-order valence-electron chi connectivity index (χ2n) is 11.0. The summed E-state index contributed by atoms with van der Waals surface area (Å²) in [7, 11) is 1.52. The van der Waals surface area contributed by atoms with Crippen LogP contribution in [0.2, 0.25) is 0 Å². The van der Waals surface area contributed by atoms with Gasteiger partial charge in [0.05, 0.1) is 5.41 Å². The molecule has 2 N–H and O–H groups in total. The van der Waals surface area contributed by atoms with Gasteiger partial charge in [-0.2, -0.15) is 0 Å². The third-order valence-electron chi connectivity index (χ3n) is 7.23. The molecule has 1 aliphatic carbocycles. The van der Waals surface area contributed by atoms with Gasteiger partial charge in [0.2, 0.25) is 11.6 Å². The highest BCUT2D eigenvalue weighted by molar-refractivity contribution is 5.75. The highest BCUT2D eigenvalue weighted by Crippen LogP contribution is 2.49. The van der Waals surface area contributed by atoms with E-state index in [0.717, 1.165) is 6.42 Å². The normalized spacial score (nSPS) is 39.7. The monoisotopic (exact) mass is 452 g/mol. The van der Waals surface area contributed by atoms with E-state index in [0.29, 0.717) is 24.7 Å². The maximum absolute atomic E-state index is 12.8. The second-order valence-corrected chi connectivity index (χ2v) is 11.0. The van der Waals surface area contributed by atoms with Crippen LogP contribution in [0, 0.1) is 29.1 Å². The highest BCUT2D eigenvalue weighted by atomic mass is 16.8. The van der Waals surface area contributed by atoms with Crippen LogP contribution < -0.4 is 0 Å². The molecule has 7 heteroatoms. The molecule has 7 nitrogen and oxygen atoms in total. The van der Waals surface area contributed by atoms with Crippen LogP contribution >= 0.6 is 0 Å². The summed E-state index contributed by atoms with van der Waals surface area (Å²) in [6, 6.07) is 0. The largest absolute Gasteiger partial charge is 0.456 e. The zero-order chi connectivity index (χ0) is 23.9. The number of carbonyl (C=O) groups excluding carboxylic acids is 1. The summed E-state index contributed by atoms with van der Waals surface area (Å²) in [4.78, 5) is 12.8. The van der Waals surface area contributed by atoms with Crippen molar-refractivity contribution in [2.24, 2.45) is 29.1 Å². The van der Waals surface area contributed by atoms with Crippen molar-refractivity contribution >= 4 is 5.97 Å². The van der Waals surface area contributed by atoms with Gasteiger partial charge in [-0.05, 0) is 82.8 Å². The molecule has 3 rings (SSSR count). The third-order valence-corrected chi connectivity index (χ3v) is 7.23. The van der Waals surface area contributed by atoms with Crippen LogP contribution in [0.5, 0.6) is 0 Å². The fraction of sp³-hybridized carbons (Fsp3) is 0.800. The van der Waals surface area contributed by atoms with Crippen LogP contribution in [0.1, 0.15) is 60.8 Å². The minimum absolute atomic E-state index is 0.0151. The number of carbonyl (C=O) groups is 1. The van der Waals surface area contributed by atoms with Crippen molar-refractivity contribution in [1.29, 1.82) is 0 Å². The van der Waals surface area contributed by atoms with E-state index in [1.165, 1.54) is 24.8 Å². The van der Waals surface area contributed by atoms with E-state index in [9.17, 15) is 15.0 Å². The molecule has 0 amide bonds. The van der Waals surface area contributed by atoms with E-state index in [2.05, 4.69) is 26.8 Å². The molecule has 0 aromatic heterocycles. The van der Waals surface area contributed by atoms with Crippen LogP contribution in [0.15, 0.2) is 23.8 Å². The third kappa shape index (κ3) is 4.97. The van der Waals surface area contributed by atoms with E-state index < -0.39 is 35.2 Å². The lowest BCUT2D eigenvalue weighted by molar-refractivity contribution is -0.337. The number of hydrogen-bond donors (Lipinski definition) is 2. The van der Waals surface area contributed by atoms with Crippen molar-refractivity contribution < 1.29 is 34.0 Å². The lowest BCUT2D eigenvalue weighted by Gasteiger charge is -2.43. The molecular formula is C25H40O7. The molecule has 32 heavy (non-hydrogen) atoms. The predicted molar refractivity (Wildman–Crippen MR) is 119 cm³/mol. The van der Waals surface area contributed by atoms with E-state index in [1.807, 2.05) is 0 Å². The van der Waals surface area contributed by atoms with Gasteiger partial charge in [0.15, 0.2) is 6.10 Å². The average molecular weight is 453 g/mol. The topological polar surface area (TPSA) is 94.5 Å². The fourth-order valence-electron chi connectivity index (χ4n) is 5.26. The minimum Gasteiger partial charge on any atom is -0.456 e. The number of rotatable bonds is 5. The van der Waals surface area contributed by atoms with Crippen LogP contribution in [0.3, 0.4) is 0 Å². The summed E-state index contributed by atoms with van der Waals surface area (Å²) in [5.74, 6) is -3.29. The maximum Gasteiger partial charge on any atom is 0.311 e. The smallest absolute Gasteiger partial charge is 0.311 e. The summed E-state index contributed by atoms with van der Waals surface area (Å²) >= 11 is 0. The Morgan fingerprint density at radius 2 is 1.81 bits per heavy atom. The Hall–Kier alpha value is -1.25. The maximum atomic E-state index is 12.8. The molecule has 2 heterocycles. The predicted octanol–water partition coefficient (Wildman–Crippen LogP) is 3.55. The van der Waals surface area contributed by atoms with Gasteiger partial charge in [-0.15, -0.1) is 0 Å². The summed E-state index contributed by atoms with van der Waals surface area (Å²) < 4.78 is 22.7. The van der Waals surface area contributed by atoms with Gasteiger partial charge in [0.25, 0.3) is 0 Å². The van der Waals surface area contributed by atoms with E-state index in [1.54, 1.807) is 20.8 Å². The number of fused-ring (bicyclic) bond motifs is 3. The Labute approximate surface area is 191 Å². The number of methoxy groups -OCH3 is 1. The first kappa shape index (κ1) is 25.4. The first-order valence-corrected chi connectivity index (χ1v) is 11.6. The summed E-state index contributed by atoms with van der Waals surface area (Å²) in [6.45, 7) is 11.8. The van der Waals surface area contributed by atoms with Crippen molar-refractivity contribution in [3.63, 3.8) is 0 Å². The molecular weight excluding hydrogens is 412 g/mol. The molecule has 0 saturated carbocycles. The number of allylic oxidation sites excluding steroid dienone is 2. The number of hydrogen-bond acceptors (Lipinski definition) is 7.